The molecule has 0 aromatic heterocycles. The van der Waals surface area contributed by atoms with E-state index in [0.29, 0.717) is 42.9 Å². The number of carbonyl (C=O) groups is 3. The number of rotatable bonds is 7. The zero-order valence-electron chi connectivity index (χ0n) is 16.0. The highest BCUT2D eigenvalue weighted by Gasteiger charge is 2.35. The Hall–Kier alpha value is -3.19. The molecule has 146 valence electrons. The van der Waals surface area contributed by atoms with Gasteiger partial charge in [0.15, 0.2) is 0 Å². The van der Waals surface area contributed by atoms with Gasteiger partial charge in [-0.3, -0.25) is 19.4 Å². The summed E-state index contributed by atoms with van der Waals surface area (Å²) in [6, 6.07) is 13.8. The number of nitrogens with zero attached hydrogens (tertiary/aromatic N) is 2. The molecule has 0 bridgehead atoms. The fourth-order valence-electron chi connectivity index (χ4n) is 3.18. The maximum absolute atomic E-state index is 12.7. The van der Waals surface area contributed by atoms with E-state index in [4.69, 9.17) is 4.74 Å². The fourth-order valence-corrected chi connectivity index (χ4v) is 3.18. The predicted molar refractivity (Wildman–Crippen MR) is 107 cm³/mol. The van der Waals surface area contributed by atoms with Crippen molar-refractivity contribution in [3.8, 4) is 0 Å². The van der Waals surface area contributed by atoms with Gasteiger partial charge in [0, 0.05) is 38.2 Å². The summed E-state index contributed by atoms with van der Waals surface area (Å²) < 4.78 is 4.98. The lowest BCUT2D eigenvalue weighted by Crippen LogP contribution is -2.34. The second kappa shape index (κ2) is 8.67. The first-order valence-corrected chi connectivity index (χ1v) is 9.19. The van der Waals surface area contributed by atoms with Crippen molar-refractivity contribution in [2.45, 2.75) is 13.3 Å². The van der Waals surface area contributed by atoms with Gasteiger partial charge >= 0.3 is 6.03 Å². The summed E-state index contributed by atoms with van der Waals surface area (Å²) in [5, 5.41) is 2.81. The van der Waals surface area contributed by atoms with Crippen molar-refractivity contribution in [1.82, 2.24) is 4.90 Å². The molecule has 1 N–H and O–H groups in total. The second-order valence-corrected chi connectivity index (χ2v) is 6.38. The van der Waals surface area contributed by atoms with Crippen LogP contribution in [0.5, 0.6) is 0 Å². The molecule has 0 saturated carbocycles. The number of ether oxygens (including phenoxy) is 1. The molecule has 0 unspecified atom stereocenters. The van der Waals surface area contributed by atoms with Crippen LogP contribution in [-0.2, 0) is 4.74 Å². The number of imide groups is 1. The van der Waals surface area contributed by atoms with Crippen LogP contribution < -0.4 is 10.2 Å². The van der Waals surface area contributed by atoms with Gasteiger partial charge in [0.2, 0.25) is 0 Å². The molecule has 0 atom stereocenters. The summed E-state index contributed by atoms with van der Waals surface area (Å²) in [5.74, 6) is -0.656. The molecule has 28 heavy (non-hydrogen) atoms. The van der Waals surface area contributed by atoms with Crippen LogP contribution in [0.4, 0.5) is 16.2 Å². The predicted octanol–water partition coefficient (Wildman–Crippen LogP) is 3.38. The Balaban J connectivity index is 1.75. The van der Waals surface area contributed by atoms with Crippen molar-refractivity contribution >= 4 is 29.2 Å². The van der Waals surface area contributed by atoms with Crippen LogP contribution in [0.3, 0.4) is 0 Å². The SMILES string of the molecule is CCN(C(=O)Nc1ccc2c(c1)C(=O)N(CCCOC)C2=O)c1ccccc1. The Morgan fingerprint density at radius 3 is 2.46 bits per heavy atom. The summed E-state index contributed by atoms with van der Waals surface area (Å²) in [7, 11) is 1.58. The minimum atomic E-state index is -0.345. The first kappa shape index (κ1) is 19.6. The number of methoxy groups -OCH3 is 1. The van der Waals surface area contributed by atoms with Gasteiger partial charge in [0.05, 0.1) is 11.1 Å². The Morgan fingerprint density at radius 2 is 1.79 bits per heavy atom. The van der Waals surface area contributed by atoms with E-state index >= 15 is 0 Å². The Labute approximate surface area is 163 Å². The highest BCUT2D eigenvalue weighted by atomic mass is 16.5. The van der Waals surface area contributed by atoms with Gasteiger partial charge in [-0.15, -0.1) is 0 Å². The van der Waals surface area contributed by atoms with Gasteiger partial charge in [0.25, 0.3) is 11.8 Å². The van der Waals surface area contributed by atoms with E-state index in [1.165, 1.54) is 4.90 Å². The molecule has 0 saturated heterocycles. The third-order valence-electron chi connectivity index (χ3n) is 4.58. The summed E-state index contributed by atoms with van der Waals surface area (Å²) in [6.07, 6.45) is 0.577. The van der Waals surface area contributed by atoms with E-state index in [9.17, 15) is 14.4 Å². The van der Waals surface area contributed by atoms with Gasteiger partial charge in [-0.2, -0.15) is 0 Å². The van der Waals surface area contributed by atoms with Gasteiger partial charge in [-0.25, -0.2) is 4.79 Å². The summed E-state index contributed by atoms with van der Waals surface area (Å²) >= 11 is 0. The number of fused-ring (bicyclic) bond motifs is 1. The zero-order chi connectivity index (χ0) is 20.1. The molecule has 2 aromatic rings. The third kappa shape index (κ3) is 3.89. The van der Waals surface area contributed by atoms with Crippen LogP contribution >= 0.6 is 0 Å². The van der Waals surface area contributed by atoms with Crippen LogP contribution in [0.25, 0.3) is 0 Å². The number of hydrogen-bond donors (Lipinski definition) is 1. The molecule has 3 rings (SSSR count). The molecule has 7 nitrogen and oxygen atoms in total. The minimum absolute atomic E-state index is 0.303. The average molecular weight is 381 g/mol. The Kier molecular flexibility index (Phi) is 6.06. The molecule has 1 heterocycles. The van der Waals surface area contributed by atoms with Crippen LogP contribution in [0.1, 0.15) is 34.1 Å². The van der Waals surface area contributed by atoms with Gasteiger partial charge in [-0.1, -0.05) is 18.2 Å². The van der Waals surface area contributed by atoms with Crippen molar-refractivity contribution in [2.24, 2.45) is 0 Å². The fraction of sp³-hybridized carbons (Fsp3) is 0.286. The first-order chi connectivity index (χ1) is 13.6. The molecule has 1 aliphatic rings. The summed E-state index contributed by atoms with van der Waals surface area (Å²) in [6.45, 7) is 3.15. The summed E-state index contributed by atoms with van der Waals surface area (Å²) in [5.41, 5.74) is 1.91. The zero-order valence-corrected chi connectivity index (χ0v) is 16.0. The highest BCUT2D eigenvalue weighted by Crippen LogP contribution is 2.26. The number of nitrogens with one attached hydrogen (secondary N) is 1. The standard InChI is InChI=1S/C21H23N3O4/c1-3-23(16-8-5-4-6-9-16)21(27)22-15-10-11-17-18(14-15)20(26)24(19(17)25)12-7-13-28-2/h4-6,8-11,14H,3,7,12-13H2,1-2H3,(H,22,27). The van der Waals surface area contributed by atoms with E-state index < -0.39 is 0 Å². The quantitative estimate of drug-likeness (QED) is 0.589. The van der Waals surface area contributed by atoms with Crippen LogP contribution in [0.15, 0.2) is 48.5 Å². The first-order valence-electron chi connectivity index (χ1n) is 9.19. The second-order valence-electron chi connectivity index (χ2n) is 6.38. The molecule has 0 aliphatic carbocycles. The number of hydrogen-bond acceptors (Lipinski definition) is 4. The number of amides is 4. The number of para-hydroxylation sites is 1. The lowest BCUT2D eigenvalue weighted by Gasteiger charge is -2.21. The largest absolute Gasteiger partial charge is 0.385 e. The van der Waals surface area contributed by atoms with Crippen LogP contribution in [0, 0.1) is 0 Å². The molecule has 4 amide bonds. The van der Waals surface area contributed by atoms with Gasteiger partial charge in [0.1, 0.15) is 0 Å². The molecule has 0 radical (unpaired) electrons. The minimum Gasteiger partial charge on any atom is -0.385 e. The molecule has 1 aliphatic heterocycles. The van der Waals surface area contributed by atoms with Crippen molar-refractivity contribution in [3.63, 3.8) is 0 Å². The van der Waals surface area contributed by atoms with E-state index in [-0.39, 0.29) is 17.8 Å². The van der Waals surface area contributed by atoms with Crippen molar-refractivity contribution in [1.29, 1.82) is 0 Å². The van der Waals surface area contributed by atoms with E-state index in [1.54, 1.807) is 30.2 Å². The molecular weight excluding hydrogens is 358 g/mol. The van der Waals surface area contributed by atoms with Crippen LogP contribution in [-0.4, -0.2) is 49.6 Å². The third-order valence-corrected chi connectivity index (χ3v) is 4.58. The maximum Gasteiger partial charge on any atom is 0.326 e. The topological polar surface area (TPSA) is 79.0 Å². The highest BCUT2D eigenvalue weighted by molar-refractivity contribution is 6.22. The lowest BCUT2D eigenvalue weighted by molar-refractivity contribution is 0.0638. The van der Waals surface area contributed by atoms with E-state index in [1.807, 2.05) is 37.3 Å². The molecule has 0 spiro atoms. The van der Waals surface area contributed by atoms with Crippen LogP contribution in [0.2, 0.25) is 0 Å². The maximum atomic E-state index is 12.7. The van der Waals surface area contributed by atoms with E-state index in [0.717, 1.165) is 5.69 Å². The average Bonchev–Trinajstić information content (AvgIpc) is 2.94. The van der Waals surface area contributed by atoms with Gasteiger partial charge in [-0.05, 0) is 43.7 Å². The van der Waals surface area contributed by atoms with Crippen molar-refractivity contribution < 1.29 is 19.1 Å². The molecule has 0 fully saturated rings. The normalized spacial score (nSPS) is 12.9. The molecule has 2 aromatic carbocycles. The van der Waals surface area contributed by atoms with E-state index in [2.05, 4.69) is 5.32 Å². The molecule has 7 heteroatoms. The molecular formula is C21H23N3O4. The lowest BCUT2D eigenvalue weighted by atomic mass is 10.1. The smallest absolute Gasteiger partial charge is 0.326 e. The Morgan fingerprint density at radius 1 is 1.07 bits per heavy atom. The number of carbonyl (C=O) groups excluding carboxylic acids is 3. The Bertz CT molecular complexity index is 882. The number of benzene rings is 2. The van der Waals surface area contributed by atoms with Crippen molar-refractivity contribution in [3.05, 3.63) is 59.7 Å². The number of anilines is 2. The summed E-state index contributed by atoms with van der Waals surface area (Å²) in [4.78, 5) is 40.5. The number of urea groups is 1. The monoisotopic (exact) mass is 381 g/mol. The van der Waals surface area contributed by atoms with Crippen molar-refractivity contribution in [2.75, 3.05) is 37.0 Å². The van der Waals surface area contributed by atoms with Gasteiger partial charge < -0.3 is 10.1 Å².